The van der Waals surface area contributed by atoms with E-state index in [-0.39, 0.29) is 30.9 Å². The molecule has 0 aliphatic rings. The zero-order valence-electron chi connectivity index (χ0n) is 10.6. The van der Waals surface area contributed by atoms with E-state index >= 15 is 0 Å². The highest BCUT2D eigenvalue weighted by Crippen LogP contribution is 2.10. The van der Waals surface area contributed by atoms with Gasteiger partial charge in [-0.25, -0.2) is 9.59 Å². The van der Waals surface area contributed by atoms with Gasteiger partial charge in [0, 0.05) is 0 Å². The SMILES string of the molecule is CCC(C)C(NC(=O)OCCCl)C(=O)OCCCl. The lowest BCUT2D eigenvalue weighted by Crippen LogP contribution is -2.46. The van der Waals surface area contributed by atoms with Gasteiger partial charge in [0.1, 0.15) is 19.3 Å². The Kier molecular flexibility index (Phi) is 9.87. The summed E-state index contributed by atoms with van der Waals surface area (Å²) in [6, 6.07) is -0.735. The van der Waals surface area contributed by atoms with Gasteiger partial charge in [-0.2, -0.15) is 0 Å². The molecule has 0 bridgehead atoms. The first kappa shape index (κ1) is 17.3. The van der Waals surface area contributed by atoms with E-state index in [2.05, 4.69) is 5.32 Å². The molecule has 0 spiro atoms. The van der Waals surface area contributed by atoms with Crippen LogP contribution in [-0.4, -0.2) is 43.1 Å². The number of esters is 1. The molecule has 0 aliphatic carbocycles. The van der Waals surface area contributed by atoms with E-state index in [1.165, 1.54) is 0 Å². The van der Waals surface area contributed by atoms with Gasteiger partial charge in [0.25, 0.3) is 0 Å². The molecule has 2 atom stereocenters. The number of nitrogens with one attached hydrogen (secondary N) is 1. The Morgan fingerprint density at radius 3 is 2.22 bits per heavy atom. The number of hydrogen-bond acceptors (Lipinski definition) is 4. The summed E-state index contributed by atoms with van der Waals surface area (Å²) in [4.78, 5) is 23.1. The first-order valence-corrected chi connectivity index (χ1v) is 6.85. The smallest absolute Gasteiger partial charge is 0.407 e. The predicted molar refractivity (Wildman–Crippen MR) is 70.1 cm³/mol. The molecular weight excluding hydrogens is 281 g/mol. The van der Waals surface area contributed by atoms with Crippen LogP contribution < -0.4 is 5.32 Å². The van der Waals surface area contributed by atoms with Gasteiger partial charge in [0.2, 0.25) is 0 Å². The number of amides is 1. The molecule has 0 aromatic heterocycles. The fraction of sp³-hybridized carbons (Fsp3) is 0.818. The Hall–Kier alpha value is -0.680. The van der Waals surface area contributed by atoms with Crippen LogP contribution in [0.1, 0.15) is 20.3 Å². The zero-order valence-corrected chi connectivity index (χ0v) is 12.1. The molecule has 5 nitrogen and oxygen atoms in total. The van der Waals surface area contributed by atoms with Crippen LogP contribution in [0.4, 0.5) is 4.79 Å². The van der Waals surface area contributed by atoms with Crippen LogP contribution in [-0.2, 0) is 14.3 Å². The first-order chi connectivity index (χ1) is 8.56. The van der Waals surface area contributed by atoms with Crippen molar-refractivity contribution in [3.8, 4) is 0 Å². The molecule has 0 aromatic rings. The van der Waals surface area contributed by atoms with E-state index in [0.29, 0.717) is 0 Å². The largest absolute Gasteiger partial charge is 0.463 e. The standard InChI is InChI=1S/C11H19Cl2NO4/c1-3-8(2)9(10(15)17-6-4-12)14-11(16)18-7-5-13/h8-9H,3-7H2,1-2H3,(H,14,16). The highest BCUT2D eigenvalue weighted by atomic mass is 35.5. The molecule has 0 saturated heterocycles. The second-order valence-electron chi connectivity index (χ2n) is 3.69. The van der Waals surface area contributed by atoms with Crippen LogP contribution in [0.2, 0.25) is 0 Å². The Morgan fingerprint density at radius 1 is 1.17 bits per heavy atom. The minimum absolute atomic E-state index is 0.0589. The molecule has 1 N–H and O–H groups in total. The van der Waals surface area contributed by atoms with Gasteiger partial charge in [-0.15, -0.1) is 23.2 Å². The van der Waals surface area contributed by atoms with Gasteiger partial charge in [-0.05, 0) is 5.92 Å². The van der Waals surface area contributed by atoms with Crippen LogP contribution >= 0.6 is 23.2 Å². The normalized spacial score (nSPS) is 13.6. The monoisotopic (exact) mass is 299 g/mol. The van der Waals surface area contributed by atoms with Crippen molar-refractivity contribution in [2.75, 3.05) is 25.0 Å². The van der Waals surface area contributed by atoms with Crippen LogP contribution in [0, 0.1) is 5.92 Å². The van der Waals surface area contributed by atoms with Crippen molar-refractivity contribution >= 4 is 35.3 Å². The van der Waals surface area contributed by atoms with E-state index in [1.54, 1.807) is 0 Å². The topological polar surface area (TPSA) is 64.6 Å². The molecular formula is C11H19Cl2NO4. The zero-order chi connectivity index (χ0) is 14.0. The lowest BCUT2D eigenvalue weighted by atomic mass is 9.99. The molecule has 0 saturated carbocycles. The number of hydrogen-bond donors (Lipinski definition) is 1. The molecule has 7 heteroatoms. The average Bonchev–Trinajstić information content (AvgIpc) is 2.38. The Bertz CT molecular complexity index is 263. The molecule has 18 heavy (non-hydrogen) atoms. The van der Waals surface area contributed by atoms with Crippen molar-refractivity contribution in [2.24, 2.45) is 5.92 Å². The van der Waals surface area contributed by atoms with Gasteiger partial charge >= 0.3 is 12.1 Å². The molecule has 106 valence electrons. The van der Waals surface area contributed by atoms with Gasteiger partial charge in [0.15, 0.2) is 0 Å². The number of alkyl halides is 2. The van der Waals surface area contributed by atoms with Gasteiger partial charge in [-0.1, -0.05) is 20.3 Å². The summed E-state index contributed by atoms with van der Waals surface area (Å²) in [6.07, 6.45) is 0.0416. The predicted octanol–water partition coefficient (Wildman–Crippen LogP) is 2.15. The van der Waals surface area contributed by atoms with Crippen LogP contribution in [0.5, 0.6) is 0 Å². The Labute approximate surface area is 117 Å². The van der Waals surface area contributed by atoms with Crippen molar-refractivity contribution in [1.29, 1.82) is 0 Å². The van der Waals surface area contributed by atoms with E-state index < -0.39 is 18.1 Å². The Morgan fingerprint density at radius 2 is 1.72 bits per heavy atom. The number of carbonyl (C=O) groups is 2. The fourth-order valence-electron chi connectivity index (χ4n) is 1.20. The number of rotatable bonds is 8. The summed E-state index contributed by atoms with van der Waals surface area (Å²) in [5, 5.41) is 2.47. The van der Waals surface area contributed by atoms with Gasteiger partial charge in [-0.3, -0.25) is 0 Å². The van der Waals surface area contributed by atoms with Gasteiger partial charge < -0.3 is 14.8 Å². The minimum Gasteiger partial charge on any atom is -0.463 e. The maximum Gasteiger partial charge on any atom is 0.407 e. The highest BCUT2D eigenvalue weighted by Gasteiger charge is 2.27. The second kappa shape index (κ2) is 10.3. The molecule has 0 heterocycles. The van der Waals surface area contributed by atoms with Crippen LogP contribution in [0.25, 0.3) is 0 Å². The van der Waals surface area contributed by atoms with Crippen LogP contribution in [0.15, 0.2) is 0 Å². The summed E-state index contributed by atoms with van der Waals surface area (Å²) >= 11 is 10.8. The summed E-state index contributed by atoms with van der Waals surface area (Å²) in [5.41, 5.74) is 0. The van der Waals surface area contributed by atoms with Gasteiger partial charge in [0.05, 0.1) is 11.8 Å². The third kappa shape index (κ3) is 6.91. The summed E-state index contributed by atoms with van der Waals surface area (Å²) < 4.78 is 9.67. The van der Waals surface area contributed by atoms with Crippen molar-refractivity contribution in [3.63, 3.8) is 0 Å². The van der Waals surface area contributed by atoms with E-state index in [4.69, 9.17) is 32.7 Å². The number of alkyl carbamates (subject to hydrolysis) is 1. The summed E-state index contributed by atoms with van der Waals surface area (Å²) in [7, 11) is 0. The minimum atomic E-state index is -0.735. The number of carbonyl (C=O) groups excluding carboxylic acids is 2. The summed E-state index contributed by atoms with van der Waals surface area (Å²) in [5.74, 6) is -0.141. The third-order valence-corrected chi connectivity index (χ3v) is 2.68. The Balaban J connectivity index is 4.39. The number of ether oxygens (including phenoxy) is 2. The average molecular weight is 300 g/mol. The van der Waals surface area contributed by atoms with E-state index in [0.717, 1.165) is 6.42 Å². The fourth-order valence-corrected chi connectivity index (χ4v) is 1.35. The molecule has 1 amide bonds. The molecule has 0 fully saturated rings. The van der Waals surface area contributed by atoms with Crippen molar-refractivity contribution in [2.45, 2.75) is 26.3 Å². The maximum atomic E-state index is 11.7. The molecule has 0 aromatic carbocycles. The highest BCUT2D eigenvalue weighted by molar-refractivity contribution is 6.18. The maximum absolute atomic E-state index is 11.7. The molecule has 0 radical (unpaired) electrons. The molecule has 0 rings (SSSR count). The number of halogens is 2. The van der Waals surface area contributed by atoms with Crippen LogP contribution in [0.3, 0.4) is 0 Å². The van der Waals surface area contributed by atoms with E-state index in [9.17, 15) is 9.59 Å². The molecule has 0 aliphatic heterocycles. The van der Waals surface area contributed by atoms with Crippen molar-refractivity contribution in [3.05, 3.63) is 0 Å². The third-order valence-electron chi connectivity index (χ3n) is 2.37. The molecule has 2 unspecified atom stereocenters. The van der Waals surface area contributed by atoms with Crippen molar-refractivity contribution in [1.82, 2.24) is 5.32 Å². The van der Waals surface area contributed by atoms with E-state index in [1.807, 2.05) is 13.8 Å². The lowest BCUT2D eigenvalue weighted by Gasteiger charge is -2.22. The second-order valence-corrected chi connectivity index (χ2v) is 4.44. The quantitative estimate of drug-likeness (QED) is 0.551. The van der Waals surface area contributed by atoms with Crippen molar-refractivity contribution < 1.29 is 19.1 Å². The summed E-state index contributed by atoms with van der Waals surface area (Å²) in [6.45, 7) is 3.97. The first-order valence-electron chi connectivity index (χ1n) is 5.78. The lowest BCUT2D eigenvalue weighted by molar-refractivity contribution is -0.146.